The molecular weight excluding hydrogens is 542 g/mol. The van der Waals surface area contributed by atoms with Gasteiger partial charge in [0, 0.05) is 41.1 Å². The third kappa shape index (κ3) is 6.75. The maximum Gasteiger partial charge on any atom is 0.324 e. The van der Waals surface area contributed by atoms with Gasteiger partial charge in [-0.3, -0.25) is 10.3 Å². The van der Waals surface area contributed by atoms with Crippen molar-refractivity contribution in [3.63, 3.8) is 0 Å². The number of carbonyl (C=O) groups is 2. The average molecular weight is 578 g/mol. The maximum absolute atomic E-state index is 13.3. The summed E-state index contributed by atoms with van der Waals surface area (Å²) in [5.41, 5.74) is 4.60. The van der Waals surface area contributed by atoms with Crippen LogP contribution in [0.5, 0.6) is 5.75 Å². The molecule has 0 aliphatic carbocycles. The van der Waals surface area contributed by atoms with Gasteiger partial charge in [-0.2, -0.15) is 5.10 Å². The highest BCUT2D eigenvalue weighted by atomic mass is 16.5. The van der Waals surface area contributed by atoms with Crippen LogP contribution in [0.25, 0.3) is 16.5 Å². The van der Waals surface area contributed by atoms with Crippen molar-refractivity contribution in [1.29, 1.82) is 0 Å². The van der Waals surface area contributed by atoms with E-state index in [0.717, 1.165) is 33.3 Å². The van der Waals surface area contributed by atoms with Crippen LogP contribution in [0.15, 0.2) is 85.2 Å². The third-order valence-corrected chi connectivity index (χ3v) is 6.90. The molecule has 0 unspecified atom stereocenters. The van der Waals surface area contributed by atoms with Crippen LogP contribution in [0, 0.1) is 6.92 Å². The Morgan fingerprint density at radius 3 is 2.30 bits per heavy atom. The molecular formula is C33H35N7O3. The topological polar surface area (TPSA) is 122 Å². The number of aryl methyl sites for hydroxylation is 1. The second-order valence-electron chi connectivity index (χ2n) is 11.2. The summed E-state index contributed by atoms with van der Waals surface area (Å²) in [6.07, 6.45) is 3.22. The monoisotopic (exact) mass is 577 g/mol. The zero-order chi connectivity index (χ0) is 30.6. The minimum atomic E-state index is -0.394. The SMILES string of the molecule is CNC(=O)Nc1cnccc1COc1ccc(NC(=O)Nc2cc(C(C)(C)C)nn2-c2ccc(C)cc2)c2ccccc12. The number of nitrogens with one attached hydrogen (secondary N) is 4. The quantitative estimate of drug-likeness (QED) is 0.166. The average Bonchev–Trinajstić information content (AvgIpc) is 3.42. The predicted molar refractivity (Wildman–Crippen MR) is 170 cm³/mol. The zero-order valence-corrected chi connectivity index (χ0v) is 24.9. The van der Waals surface area contributed by atoms with Crippen molar-refractivity contribution in [3.05, 3.63) is 102 Å². The molecule has 4 N–H and O–H groups in total. The lowest BCUT2D eigenvalue weighted by Gasteiger charge is -2.15. The Morgan fingerprint density at radius 1 is 0.860 bits per heavy atom. The Hall–Kier alpha value is -5.38. The van der Waals surface area contributed by atoms with E-state index in [-0.39, 0.29) is 18.1 Å². The molecule has 4 amide bonds. The molecule has 2 aromatic heterocycles. The van der Waals surface area contributed by atoms with Crippen molar-refractivity contribution in [2.24, 2.45) is 0 Å². The fraction of sp³-hybridized carbons (Fsp3) is 0.212. The van der Waals surface area contributed by atoms with Gasteiger partial charge in [-0.15, -0.1) is 0 Å². The number of amides is 4. The number of nitrogens with zero attached hydrogens (tertiary/aromatic N) is 3. The number of pyridine rings is 1. The number of aromatic nitrogens is 3. The van der Waals surface area contributed by atoms with Gasteiger partial charge in [0.1, 0.15) is 18.2 Å². The van der Waals surface area contributed by atoms with E-state index in [1.165, 1.54) is 0 Å². The molecule has 2 heterocycles. The Kier molecular flexibility index (Phi) is 8.29. The molecule has 0 fully saturated rings. The van der Waals surface area contributed by atoms with E-state index < -0.39 is 6.03 Å². The Bertz CT molecular complexity index is 1770. The Labute approximate surface area is 250 Å². The van der Waals surface area contributed by atoms with E-state index in [9.17, 15) is 9.59 Å². The summed E-state index contributed by atoms with van der Waals surface area (Å²) in [4.78, 5) is 29.3. The lowest BCUT2D eigenvalue weighted by Crippen LogP contribution is -2.25. The van der Waals surface area contributed by atoms with Crippen LogP contribution in [-0.2, 0) is 12.0 Å². The molecule has 220 valence electrons. The molecule has 0 atom stereocenters. The van der Waals surface area contributed by atoms with Crippen molar-refractivity contribution in [2.75, 3.05) is 23.0 Å². The number of carbonyl (C=O) groups excluding carboxylic acids is 2. The molecule has 5 aromatic rings. The molecule has 0 aliphatic heterocycles. The molecule has 5 rings (SSSR count). The van der Waals surface area contributed by atoms with E-state index in [2.05, 4.69) is 47.0 Å². The fourth-order valence-electron chi connectivity index (χ4n) is 4.50. The number of rotatable bonds is 7. The first kappa shape index (κ1) is 29.1. The van der Waals surface area contributed by atoms with Crippen molar-refractivity contribution < 1.29 is 14.3 Å². The van der Waals surface area contributed by atoms with Crippen molar-refractivity contribution in [1.82, 2.24) is 20.1 Å². The predicted octanol–water partition coefficient (Wildman–Crippen LogP) is 7.00. The number of urea groups is 2. The highest BCUT2D eigenvalue weighted by Gasteiger charge is 2.22. The van der Waals surface area contributed by atoms with E-state index in [1.54, 1.807) is 30.2 Å². The lowest BCUT2D eigenvalue weighted by atomic mass is 9.92. The van der Waals surface area contributed by atoms with Crippen LogP contribution in [-0.4, -0.2) is 33.9 Å². The number of ether oxygens (including phenoxy) is 1. The largest absolute Gasteiger partial charge is 0.488 e. The van der Waals surface area contributed by atoms with Gasteiger partial charge in [0.2, 0.25) is 0 Å². The number of hydrogen-bond donors (Lipinski definition) is 4. The fourth-order valence-corrected chi connectivity index (χ4v) is 4.50. The number of benzene rings is 3. The number of hydrogen-bond acceptors (Lipinski definition) is 5. The molecule has 3 aromatic carbocycles. The van der Waals surface area contributed by atoms with Crippen molar-refractivity contribution in [3.8, 4) is 11.4 Å². The molecule has 0 spiro atoms. The summed E-state index contributed by atoms with van der Waals surface area (Å²) in [6, 6.07) is 22.3. The van der Waals surface area contributed by atoms with Gasteiger partial charge < -0.3 is 20.7 Å². The highest BCUT2D eigenvalue weighted by Crippen LogP contribution is 2.33. The summed E-state index contributed by atoms with van der Waals surface area (Å²) in [6.45, 7) is 8.49. The van der Waals surface area contributed by atoms with Gasteiger partial charge in [0.05, 0.1) is 29.0 Å². The maximum atomic E-state index is 13.3. The van der Waals surface area contributed by atoms with Gasteiger partial charge in [-0.25, -0.2) is 14.3 Å². The van der Waals surface area contributed by atoms with Gasteiger partial charge in [-0.05, 0) is 37.3 Å². The van der Waals surface area contributed by atoms with Gasteiger partial charge in [0.25, 0.3) is 0 Å². The van der Waals surface area contributed by atoms with Crippen molar-refractivity contribution >= 4 is 40.0 Å². The van der Waals surface area contributed by atoms with E-state index in [4.69, 9.17) is 9.84 Å². The third-order valence-electron chi connectivity index (χ3n) is 6.90. The molecule has 0 saturated heterocycles. The lowest BCUT2D eigenvalue weighted by molar-refractivity contribution is 0.253. The van der Waals surface area contributed by atoms with Gasteiger partial charge in [0.15, 0.2) is 0 Å². The van der Waals surface area contributed by atoms with Gasteiger partial charge in [-0.1, -0.05) is 62.7 Å². The van der Waals surface area contributed by atoms with E-state index in [1.807, 2.05) is 73.7 Å². The van der Waals surface area contributed by atoms with Crippen LogP contribution in [0.3, 0.4) is 0 Å². The summed E-state index contributed by atoms with van der Waals surface area (Å²) in [5, 5.41) is 17.7. The molecule has 10 heteroatoms. The first-order chi connectivity index (χ1) is 20.6. The summed E-state index contributed by atoms with van der Waals surface area (Å²) in [7, 11) is 1.55. The van der Waals surface area contributed by atoms with Crippen LogP contribution < -0.4 is 26.0 Å². The molecule has 0 aliphatic rings. The summed E-state index contributed by atoms with van der Waals surface area (Å²) < 4.78 is 7.94. The van der Waals surface area contributed by atoms with E-state index in [0.29, 0.717) is 22.9 Å². The van der Waals surface area contributed by atoms with Crippen LogP contribution in [0.2, 0.25) is 0 Å². The molecule has 10 nitrogen and oxygen atoms in total. The summed E-state index contributed by atoms with van der Waals surface area (Å²) in [5.74, 6) is 1.20. The molecule has 43 heavy (non-hydrogen) atoms. The first-order valence-electron chi connectivity index (χ1n) is 13.9. The minimum absolute atomic E-state index is 0.204. The Balaban J connectivity index is 1.37. The van der Waals surface area contributed by atoms with Crippen LogP contribution in [0.1, 0.15) is 37.6 Å². The number of fused-ring (bicyclic) bond motifs is 1. The molecule has 0 radical (unpaired) electrons. The van der Waals surface area contributed by atoms with Crippen LogP contribution in [0.4, 0.5) is 26.8 Å². The van der Waals surface area contributed by atoms with Gasteiger partial charge >= 0.3 is 12.1 Å². The second kappa shape index (κ2) is 12.2. The standard InChI is InChI=1S/C33H35N7O3/c1-21-10-12-23(13-11-21)40-30(18-29(39-40)33(2,3)4)38-32(42)36-26-14-15-28(25-9-7-6-8-24(25)26)43-20-22-16-17-35-19-27(22)37-31(41)34-5/h6-19H,20H2,1-5H3,(H2,34,37,41)(H2,36,38,42). The second-order valence-corrected chi connectivity index (χ2v) is 11.2. The van der Waals surface area contributed by atoms with E-state index >= 15 is 0 Å². The normalized spacial score (nSPS) is 11.2. The smallest absolute Gasteiger partial charge is 0.324 e. The molecule has 0 bridgehead atoms. The highest BCUT2D eigenvalue weighted by molar-refractivity contribution is 6.07. The minimum Gasteiger partial charge on any atom is -0.488 e. The van der Waals surface area contributed by atoms with Crippen LogP contribution >= 0.6 is 0 Å². The van der Waals surface area contributed by atoms with Crippen molar-refractivity contribution in [2.45, 2.75) is 39.7 Å². The Morgan fingerprint density at radius 2 is 1.58 bits per heavy atom. The number of anilines is 3. The first-order valence-corrected chi connectivity index (χ1v) is 13.9. The summed E-state index contributed by atoms with van der Waals surface area (Å²) >= 11 is 0. The molecule has 0 saturated carbocycles. The zero-order valence-electron chi connectivity index (χ0n) is 24.9.